The Labute approximate surface area is 137 Å². The van der Waals surface area contributed by atoms with Gasteiger partial charge in [-0.25, -0.2) is 0 Å². The Bertz CT molecular complexity index is 450. The van der Waals surface area contributed by atoms with Crippen LogP contribution >= 0.6 is 0 Å². The molecule has 0 aromatic heterocycles. The van der Waals surface area contributed by atoms with Crippen molar-refractivity contribution >= 4 is 8.32 Å². The highest BCUT2D eigenvalue weighted by molar-refractivity contribution is 6.74. The van der Waals surface area contributed by atoms with Crippen LogP contribution in [0.3, 0.4) is 0 Å². The lowest BCUT2D eigenvalue weighted by Gasteiger charge is -2.37. The van der Waals surface area contributed by atoms with Gasteiger partial charge in [-0.15, -0.1) is 0 Å². The summed E-state index contributed by atoms with van der Waals surface area (Å²) in [5.74, 6) is 0.567. The van der Waals surface area contributed by atoms with Gasteiger partial charge in [-0.05, 0) is 36.5 Å². The van der Waals surface area contributed by atoms with Gasteiger partial charge in [-0.1, -0.05) is 57.5 Å². The van der Waals surface area contributed by atoms with Gasteiger partial charge in [-0.3, -0.25) is 0 Å². The van der Waals surface area contributed by atoms with Crippen molar-refractivity contribution in [2.75, 3.05) is 6.61 Å². The lowest BCUT2D eigenvalue weighted by molar-refractivity contribution is 0.00173. The molecule has 0 radical (unpaired) electrons. The summed E-state index contributed by atoms with van der Waals surface area (Å²) in [5.41, 5.74) is 1.26. The first-order valence-electron chi connectivity index (χ1n) is 8.59. The van der Waals surface area contributed by atoms with Crippen LogP contribution in [0.25, 0.3) is 0 Å². The monoisotopic (exact) mass is 320 g/mol. The van der Waals surface area contributed by atoms with Crippen molar-refractivity contribution in [2.45, 2.75) is 70.9 Å². The fourth-order valence-corrected chi connectivity index (χ4v) is 3.79. The third-order valence-electron chi connectivity index (χ3n) is 5.36. The average molecular weight is 321 g/mol. The molecule has 2 atom stereocenters. The highest BCUT2D eigenvalue weighted by Gasteiger charge is 2.39. The minimum absolute atomic E-state index is 0.284. The van der Waals surface area contributed by atoms with Gasteiger partial charge >= 0.3 is 0 Å². The van der Waals surface area contributed by atoms with Gasteiger partial charge in [0.15, 0.2) is 8.32 Å². The summed E-state index contributed by atoms with van der Waals surface area (Å²) in [6, 6.07) is 10.5. The van der Waals surface area contributed by atoms with Gasteiger partial charge in [-0.2, -0.15) is 0 Å². The molecule has 0 amide bonds. The first-order valence-corrected chi connectivity index (χ1v) is 11.5. The van der Waals surface area contributed by atoms with Crippen LogP contribution in [0.4, 0.5) is 0 Å². The molecule has 1 aliphatic carbocycles. The molecule has 0 bridgehead atoms. The zero-order valence-corrected chi connectivity index (χ0v) is 15.9. The SMILES string of the molecule is CC(C)(C)[Si](C)(C)OCC1CCC[C@H]1OCc1ccccc1. The minimum atomic E-state index is -1.64. The van der Waals surface area contributed by atoms with E-state index >= 15 is 0 Å². The van der Waals surface area contributed by atoms with Gasteiger partial charge in [0, 0.05) is 12.5 Å². The molecule has 0 aliphatic heterocycles. The molecule has 1 aliphatic rings. The Balaban J connectivity index is 1.83. The van der Waals surface area contributed by atoms with Crippen LogP contribution in [0.2, 0.25) is 18.1 Å². The first kappa shape index (κ1) is 17.7. The molecular formula is C19H32O2Si. The predicted molar refractivity (Wildman–Crippen MR) is 95.5 cm³/mol. The molecule has 1 aromatic rings. The summed E-state index contributed by atoms with van der Waals surface area (Å²) in [6.45, 7) is 13.2. The van der Waals surface area contributed by atoms with Crippen LogP contribution in [-0.4, -0.2) is 21.0 Å². The molecule has 3 heteroatoms. The molecule has 0 spiro atoms. The molecule has 0 heterocycles. The number of benzene rings is 1. The van der Waals surface area contributed by atoms with E-state index in [1.807, 2.05) is 0 Å². The maximum Gasteiger partial charge on any atom is 0.191 e. The van der Waals surface area contributed by atoms with E-state index in [1.165, 1.54) is 24.8 Å². The quantitative estimate of drug-likeness (QED) is 0.654. The third kappa shape index (κ3) is 4.67. The van der Waals surface area contributed by atoms with Crippen molar-refractivity contribution in [3.63, 3.8) is 0 Å². The Morgan fingerprint density at radius 1 is 1.09 bits per heavy atom. The van der Waals surface area contributed by atoms with Crippen LogP contribution < -0.4 is 0 Å². The zero-order chi connectivity index (χ0) is 16.2. The van der Waals surface area contributed by atoms with E-state index in [-0.39, 0.29) is 5.04 Å². The highest BCUT2D eigenvalue weighted by atomic mass is 28.4. The van der Waals surface area contributed by atoms with Crippen molar-refractivity contribution in [3.8, 4) is 0 Å². The van der Waals surface area contributed by atoms with E-state index in [0.717, 1.165) is 13.2 Å². The van der Waals surface area contributed by atoms with E-state index in [1.54, 1.807) is 0 Å². The minimum Gasteiger partial charge on any atom is -0.416 e. The largest absolute Gasteiger partial charge is 0.416 e. The lowest BCUT2D eigenvalue weighted by atomic mass is 10.1. The molecule has 124 valence electrons. The normalized spacial score (nSPS) is 23.0. The van der Waals surface area contributed by atoms with Crippen molar-refractivity contribution in [2.24, 2.45) is 5.92 Å². The molecule has 0 saturated heterocycles. The number of hydrogen-bond acceptors (Lipinski definition) is 2. The topological polar surface area (TPSA) is 18.5 Å². The molecular weight excluding hydrogens is 288 g/mol. The summed E-state index contributed by atoms with van der Waals surface area (Å²) in [7, 11) is -1.64. The van der Waals surface area contributed by atoms with Crippen molar-refractivity contribution < 1.29 is 9.16 Å². The summed E-state index contributed by atoms with van der Waals surface area (Å²) in [6.07, 6.45) is 4.06. The average Bonchev–Trinajstić information content (AvgIpc) is 2.90. The first-order chi connectivity index (χ1) is 10.3. The number of ether oxygens (including phenoxy) is 1. The second-order valence-corrected chi connectivity index (χ2v) is 12.9. The Kier molecular flexibility index (Phi) is 5.86. The van der Waals surface area contributed by atoms with Crippen LogP contribution in [0.5, 0.6) is 0 Å². The smallest absolute Gasteiger partial charge is 0.191 e. The van der Waals surface area contributed by atoms with Gasteiger partial charge < -0.3 is 9.16 Å². The van der Waals surface area contributed by atoms with Gasteiger partial charge in [0.2, 0.25) is 0 Å². The highest BCUT2D eigenvalue weighted by Crippen LogP contribution is 2.38. The van der Waals surface area contributed by atoms with E-state index in [2.05, 4.69) is 64.2 Å². The zero-order valence-electron chi connectivity index (χ0n) is 14.9. The maximum absolute atomic E-state index is 6.42. The molecule has 22 heavy (non-hydrogen) atoms. The summed E-state index contributed by atoms with van der Waals surface area (Å²) < 4.78 is 12.6. The number of rotatable bonds is 6. The van der Waals surface area contributed by atoms with Crippen molar-refractivity contribution in [3.05, 3.63) is 35.9 Å². The van der Waals surface area contributed by atoms with Crippen LogP contribution in [0.1, 0.15) is 45.6 Å². The Hall–Kier alpha value is -0.643. The van der Waals surface area contributed by atoms with E-state index in [0.29, 0.717) is 12.0 Å². The van der Waals surface area contributed by atoms with Crippen LogP contribution in [0, 0.1) is 5.92 Å². The van der Waals surface area contributed by atoms with Crippen LogP contribution in [-0.2, 0) is 15.8 Å². The van der Waals surface area contributed by atoms with Crippen molar-refractivity contribution in [1.82, 2.24) is 0 Å². The van der Waals surface area contributed by atoms with Crippen LogP contribution in [0.15, 0.2) is 30.3 Å². The van der Waals surface area contributed by atoms with E-state index in [4.69, 9.17) is 9.16 Å². The Morgan fingerprint density at radius 2 is 1.77 bits per heavy atom. The summed E-state index contributed by atoms with van der Waals surface area (Å²) in [4.78, 5) is 0. The molecule has 2 rings (SSSR count). The molecule has 1 unspecified atom stereocenters. The maximum atomic E-state index is 6.42. The molecule has 2 nitrogen and oxygen atoms in total. The van der Waals surface area contributed by atoms with Crippen molar-refractivity contribution in [1.29, 1.82) is 0 Å². The third-order valence-corrected chi connectivity index (χ3v) is 9.86. The fourth-order valence-electron chi connectivity index (χ4n) is 2.72. The molecule has 0 N–H and O–H groups in total. The van der Waals surface area contributed by atoms with E-state index in [9.17, 15) is 0 Å². The summed E-state index contributed by atoms with van der Waals surface area (Å²) in [5, 5.41) is 0.284. The number of hydrogen-bond donors (Lipinski definition) is 0. The second-order valence-electron chi connectivity index (χ2n) is 8.10. The van der Waals surface area contributed by atoms with E-state index < -0.39 is 8.32 Å². The second kappa shape index (κ2) is 7.29. The van der Waals surface area contributed by atoms with Gasteiger partial charge in [0.05, 0.1) is 12.7 Å². The van der Waals surface area contributed by atoms with Gasteiger partial charge in [0.1, 0.15) is 0 Å². The molecule has 1 fully saturated rings. The predicted octanol–water partition coefficient (Wildman–Crippen LogP) is 5.39. The Morgan fingerprint density at radius 3 is 2.41 bits per heavy atom. The van der Waals surface area contributed by atoms with Gasteiger partial charge in [0.25, 0.3) is 0 Å². The standard InChI is InChI=1S/C19H32O2Si/c1-19(2,3)22(4,5)21-15-17-12-9-13-18(17)20-14-16-10-7-6-8-11-16/h6-8,10-11,17-18H,9,12-15H2,1-5H3/t17?,18-/m1/s1. The molecule has 1 saturated carbocycles. The fraction of sp³-hybridized carbons (Fsp3) is 0.684. The lowest BCUT2D eigenvalue weighted by Crippen LogP contribution is -2.42. The summed E-state index contributed by atoms with van der Waals surface area (Å²) >= 11 is 0. The molecule has 1 aromatic carbocycles.